The molecule has 1 aromatic carbocycles. The lowest BCUT2D eigenvalue weighted by molar-refractivity contribution is -0.133. The Labute approximate surface area is 90.7 Å². The molecule has 0 fully saturated rings. The van der Waals surface area contributed by atoms with Crippen LogP contribution in [0.4, 0.5) is 4.39 Å². The van der Waals surface area contributed by atoms with E-state index >= 15 is 0 Å². The van der Waals surface area contributed by atoms with Crippen LogP contribution in [0.25, 0.3) is 0 Å². The van der Waals surface area contributed by atoms with Crippen molar-refractivity contribution in [1.82, 2.24) is 0 Å². The summed E-state index contributed by atoms with van der Waals surface area (Å²) in [6, 6.07) is 4.23. The molecule has 0 aromatic heterocycles. The van der Waals surface area contributed by atoms with Crippen molar-refractivity contribution in [3.63, 3.8) is 0 Å². The van der Waals surface area contributed by atoms with Gasteiger partial charge in [-0.2, -0.15) is 0 Å². The monoisotopic (exact) mass is 230 g/mol. The average Bonchev–Trinajstić information content (AvgIpc) is 2.19. The van der Waals surface area contributed by atoms with Gasteiger partial charge in [0.2, 0.25) is 0 Å². The van der Waals surface area contributed by atoms with E-state index in [0.29, 0.717) is 0 Å². The number of rotatable bonds is 4. The van der Waals surface area contributed by atoms with E-state index in [9.17, 15) is 9.18 Å². The summed E-state index contributed by atoms with van der Waals surface area (Å²) >= 11 is 5.50. The van der Waals surface area contributed by atoms with Gasteiger partial charge in [-0.15, -0.1) is 0 Å². The van der Waals surface area contributed by atoms with Gasteiger partial charge >= 0.3 is 5.97 Å². The molecule has 0 saturated carbocycles. The fourth-order valence-electron chi connectivity index (χ4n) is 0.822. The average molecular weight is 231 g/mol. The summed E-state index contributed by atoms with van der Waals surface area (Å²) in [6.45, 7) is 2.96. The molecule has 80 valence electrons. The second-order valence-electron chi connectivity index (χ2n) is 2.75. The summed E-state index contributed by atoms with van der Waals surface area (Å²) in [5.41, 5.74) is -0.158. The molecule has 1 rings (SSSR count). The van der Waals surface area contributed by atoms with Crippen molar-refractivity contribution in [3.05, 3.63) is 41.2 Å². The van der Waals surface area contributed by atoms with Crippen molar-refractivity contribution in [2.75, 3.05) is 6.61 Å². The predicted molar refractivity (Wildman–Crippen MR) is 53.7 cm³/mol. The van der Waals surface area contributed by atoms with Gasteiger partial charge < -0.3 is 9.84 Å². The maximum atomic E-state index is 13.2. The Bertz CT molecular complexity index is 404. The van der Waals surface area contributed by atoms with Crippen LogP contribution >= 0.6 is 11.6 Å². The molecule has 0 aliphatic rings. The Morgan fingerprint density at radius 2 is 2.27 bits per heavy atom. The van der Waals surface area contributed by atoms with Crippen LogP contribution in [0.3, 0.4) is 0 Å². The molecule has 3 nitrogen and oxygen atoms in total. The van der Waals surface area contributed by atoms with Gasteiger partial charge in [-0.05, 0) is 12.1 Å². The smallest absolute Gasteiger partial charge is 0.334 e. The van der Waals surface area contributed by atoms with Crippen molar-refractivity contribution in [2.24, 2.45) is 0 Å². The Balaban J connectivity index is 2.70. The first-order valence-electron chi connectivity index (χ1n) is 4.00. The standard InChI is InChI=1S/C10H8ClFO3/c1-6(10(13)14)5-15-8-4-2-3-7(11)9(8)12/h2-4H,1,5H2,(H,13,14). The highest BCUT2D eigenvalue weighted by atomic mass is 35.5. The number of aliphatic carboxylic acids is 1. The van der Waals surface area contributed by atoms with E-state index in [1.54, 1.807) is 0 Å². The normalized spacial score (nSPS) is 9.73. The van der Waals surface area contributed by atoms with Gasteiger partial charge in [-0.1, -0.05) is 24.2 Å². The van der Waals surface area contributed by atoms with Crippen molar-refractivity contribution in [1.29, 1.82) is 0 Å². The van der Waals surface area contributed by atoms with Gasteiger partial charge in [-0.3, -0.25) is 0 Å². The molecule has 15 heavy (non-hydrogen) atoms. The van der Waals surface area contributed by atoms with Crippen LogP contribution < -0.4 is 4.74 Å². The number of benzene rings is 1. The highest BCUT2D eigenvalue weighted by Crippen LogP contribution is 2.24. The number of carboxylic acid groups (broad SMARTS) is 1. The minimum Gasteiger partial charge on any atom is -0.486 e. The molecular formula is C10H8ClFO3. The summed E-state index contributed by atoms with van der Waals surface area (Å²) < 4.78 is 18.1. The molecule has 0 amide bonds. The van der Waals surface area contributed by atoms with Crippen molar-refractivity contribution in [3.8, 4) is 5.75 Å². The molecule has 0 spiro atoms. The van der Waals surface area contributed by atoms with E-state index < -0.39 is 11.8 Å². The van der Waals surface area contributed by atoms with Crippen LogP contribution in [0.15, 0.2) is 30.4 Å². The third-order valence-corrected chi connectivity index (χ3v) is 1.91. The van der Waals surface area contributed by atoms with Crippen LogP contribution in [0.1, 0.15) is 0 Å². The summed E-state index contributed by atoms with van der Waals surface area (Å²) in [6.07, 6.45) is 0. The molecule has 0 atom stereocenters. The molecular weight excluding hydrogens is 223 g/mol. The van der Waals surface area contributed by atoms with E-state index in [4.69, 9.17) is 21.4 Å². The van der Waals surface area contributed by atoms with Crippen LogP contribution in [-0.2, 0) is 4.79 Å². The highest BCUT2D eigenvalue weighted by molar-refractivity contribution is 6.30. The SMILES string of the molecule is C=C(COc1cccc(Cl)c1F)C(=O)O. The lowest BCUT2D eigenvalue weighted by atomic mass is 10.3. The van der Waals surface area contributed by atoms with Crippen LogP contribution in [-0.4, -0.2) is 17.7 Å². The molecule has 0 unspecified atom stereocenters. The number of carbonyl (C=O) groups is 1. The quantitative estimate of drug-likeness (QED) is 0.809. The zero-order valence-corrected chi connectivity index (χ0v) is 8.42. The van der Waals surface area contributed by atoms with E-state index in [1.807, 2.05) is 0 Å². The van der Waals surface area contributed by atoms with E-state index in [1.165, 1.54) is 18.2 Å². The zero-order valence-electron chi connectivity index (χ0n) is 7.67. The molecule has 0 saturated heterocycles. The van der Waals surface area contributed by atoms with E-state index in [0.717, 1.165) is 0 Å². The van der Waals surface area contributed by atoms with Crippen LogP contribution in [0.5, 0.6) is 5.75 Å². The molecule has 0 aliphatic carbocycles. The maximum Gasteiger partial charge on any atom is 0.334 e. The Morgan fingerprint density at radius 1 is 1.60 bits per heavy atom. The van der Waals surface area contributed by atoms with Gasteiger partial charge in [0.25, 0.3) is 0 Å². The van der Waals surface area contributed by atoms with Gasteiger partial charge in [0.15, 0.2) is 11.6 Å². The summed E-state index contributed by atoms with van der Waals surface area (Å²) in [7, 11) is 0. The first-order chi connectivity index (χ1) is 7.02. The number of halogens is 2. The van der Waals surface area contributed by atoms with Crippen molar-refractivity contribution in [2.45, 2.75) is 0 Å². The Morgan fingerprint density at radius 3 is 2.87 bits per heavy atom. The first-order valence-corrected chi connectivity index (χ1v) is 4.38. The zero-order chi connectivity index (χ0) is 11.4. The molecule has 5 heteroatoms. The van der Waals surface area contributed by atoms with Gasteiger partial charge in [-0.25, -0.2) is 9.18 Å². The van der Waals surface area contributed by atoms with Gasteiger partial charge in [0.05, 0.1) is 10.6 Å². The molecule has 0 radical (unpaired) electrons. The van der Waals surface area contributed by atoms with Crippen LogP contribution in [0.2, 0.25) is 5.02 Å². The second kappa shape index (κ2) is 4.79. The molecule has 0 heterocycles. The fraction of sp³-hybridized carbons (Fsp3) is 0.100. The third kappa shape index (κ3) is 2.95. The minimum absolute atomic E-state index is 0.0755. The number of hydrogen-bond acceptors (Lipinski definition) is 2. The number of carboxylic acids is 1. The highest BCUT2D eigenvalue weighted by Gasteiger charge is 2.09. The van der Waals surface area contributed by atoms with Crippen LogP contribution in [0, 0.1) is 5.82 Å². The minimum atomic E-state index is -1.18. The second-order valence-corrected chi connectivity index (χ2v) is 3.16. The summed E-state index contributed by atoms with van der Waals surface area (Å²) in [5, 5.41) is 8.41. The molecule has 0 aliphatic heterocycles. The van der Waals surface area contributed by atoms with Gasteiger partial charge in [0, 0.05) is 0 Å². The van der Waals surface area contributed by atoms with Crippen molar-refractivity contribution < 1.29 is 19.0 Å². The van der Waals surface area contributed by atoms with E-state index in [-0.39, 0.29) is 23.0 Å². The Kier molecular flexibility index (Phi) is 3.68. The maximum absolute atomic E-state index is 13.2. The topological polar surface area (TPSA) is 46.5 Å². The van der Waals surface area contributed by atoms with E-state index in [2.05, 4.69) is 6.58 Å². The number of ether oxygens (including phenoxy) is 1. The largest absolute Gasteiger partial charge is 0.486 e. The van der Waals surface area contributed by atoms with Gasteiger partial charge in [0.1, 0.15) is 6.61 Å². The summed E-state index contributed by atoms with van der Waals surface area (Å²) in [4.78, 5) is 10.4. The lowest BCUT2D eigenvalue weighted by Gasteiger charge is -2.07. The molecule has 1 aromatic rings. The Hall–Kier alpha value is -1.55. The lowest BCUT2D eigenvalue weighted by Crippen LogP contribution is -2.09. The fourth-order valence-corrected chi connectivity index (χ4v) is 0.988. The predicted octanol–water partition coefficient (Wildman–Crippen LogP) is 2.50. The third-order valence-electron chi connectivity index (χ3n) is 1.62. The molecule has 0 bridgehead atoms. The first kappa shape index (κ1) is 11.5. The number of hydrogen-bond donors (Lipinski definition) is 1. The molecule has 1 N–H and O–H groups in total. The summed E-state index contributed by atoms with van der Waals surface area (Å²) in [5.74, 6) is -1.99. The van der Waals surface area contributed by atoms with Crippen molar-refractivity contribution >= 4 is 17.6 Å².